The Morgan fingerprint density at radius 2 is 2.28 bits per heavy atom. The Bertz CT molecular complexity index is 736. The van der Waals surface area contributed by atoms with E-state index in [1.807, 2.05) is 0 Å². The molecule has 0 saturated heterocycles. The van der Waals surface area contributed by atoms with E-state index < -0.39 is 0 Å². The maximum Gasteiger partial charge on any atom is 0.201 e. The lowest BCUT2D eigenvalue weighted by Gasteiger charge is -2.03. The predicted octanol–water partition coefficient (Wildman–Crippen LogP) is 1.53. The highest BCUT2D eigenvalue weighted by Gasteiger charge is 2.10. The van der Waals surface area contributed by atoms with Crippen molar-refractivity contribution in [3.05, 3.63) is 41.8 Å². The molecule has 3 rings (SSSR count). The minimum atomic E-state index is 0.392. The van der Waals surface area contributed by atoms with Gasteiger partial charge in [0.05, 0.1) is 29.2 Å². The highest BCUT2D eigenvalue weighted by molar-refractivity contribution is 5.79. The van der Waals surface area contributed by atoms with E-state index in [-0.39, 0.29) is 0 Å². The van der Waals surface area contributed by atoms with Crippen molar-refractivity contribution < 1.29 is 4.52 Å². The van der Waals surface area contributed by atoms with Crippen LogP contribution in [-0.4, -0.2) is 14.7 Å². The fourth-order valence-electron chi connectivity index (χ4n) is 1.86. The number of nitrogens with two attached hydrogens (primary N) is 1. The molecule has 6 nitrogen and oxygen atoms in total. The number of hydrogen-bond donors (Lipinski definition) is 1. The molecule has 2 aromatic heterocycles. The van der Waals surface area contributed by atoms with E-state index in [1.54, 1.807) is 28.8 Å². The first-order chi connectivity index (χ1) is 8.78. The van der Waals surface area contributed by atoms with Crippen LogP contribution in [0, 0.1) is 11.3 Å². The van der Waals surface area contributed by atoms with E-state index in [9.17, 15) is 0 Å². The second-order valence-electron chi connectivity index (χ2n) is 3.86. The van der Waals surface area contributed by atoms with Gasteiger partial charge in [0.2, 0.25) is 5.95 Å². The summed E-state index contributed by atoms with van der Waals surface area (Å²) in [5.74, 6) is 0.392. The number of anilines is 1. The number of rotatable bonds is 2. The number of nitrogens with zero attached hydrogens (tertiary/aromatic N) is 4. The molecule has 2 heterocycles. The summed E-state index contributed by atoms with van der Waals surface area (Å²) in [5.41, 5.74) is 8.77. The fourth-order valence-corrected chi connectivity index (χ4v) is 1.86. The maximum absolute atomic E-state index is 8.91. The van der Waals surface area contributed by atoms with Crippen LogP contribution in [0.1, 0.15) is 11.3 Å². The van der Waals surface area contributed by atoms with Crippen LogP contribution in [0.4, 0.5) is 5.95 Å². The van der Waals surface area contributed by atoms with E-state index in [4.69, 9.17) is 15.5 Å². The van der Waals surface area contributed by atoms with E-state index in [0.29, 0.717) is 18.1 Å². The van der Waals surface area contributed by atoms with Gasteiger partial charge < -0.3 is 14.8 Å². The summed E-state index contributed by atoms with van der Waals surface area (Å²) in [7, 11) is 0. The minimum absolute atomic E-state index is 0.392. The summed E-state index contributed by atoms with van der Waals surface area (Å²) in [5, 5.41) is 12.8. The number of hydrogen-bond acceptors (Lipinski definition) is 5. The normalized spacial score (nSPS) is 10.6. The molecule has 0 spiro atoms. The molecule has 0 saturated carbocycles. The molecular weight excluding hydrogens is 230 g/mol. The molecule has 2 N–H and O–H groups in total. The van der Waals surface area contributed by atoms with Crippen LogP contribution in [0.15, 0.2) is 35.1 Å². The van der Waals surface area contributed by atoms with Crippen LogP contribution in [-0.2, 0) is 6.54 Å². The first-order valence-corrected chi connectivity index (χ1v) is 5.33. The summed E-state index contributed by atoms with van der Waals surface area (Å²) >= 11 is 0. The van der Waals surface area contributed by atoms with E-state index in [1.165, 1.54) is 6.26 Å². The molecule has 0 aliphatic heterocycles. The number of nitriles is 1. The fraction of sp³-hybridized carbons (Fsp3) is 0.0833. The largest absolute Gasteiger partial charge is 0.369 e. The first kappa shape index (κ1) is 10.4. The quantitative estimate of drug-likeness (QED) is 0.731. The standard InChI is InChI=1S/C12H9N5O/c13-6-8-1-2-10-11(5-8)17(12(14)15-10)7-9-3-4-18-16-9/h1-5H,7H2,(H2,14,15). The number of imidazole rings is 1. The minimum Gasteiger partial charge on any atom is -0.369 e. The molecule has 0 radical (unpaired) electrons. The number of fused-ring (bicyclic) bond motifs is 1. The molecule has 0 unspecified atom stereocenters. The Labute approximate surface area is 102 Å². The maximum atomic E-state index is 8.91. The van der Waals surface area contributed by atoms with Gasteiger partial charge in [-0.05, 0) is 18.2 Å². The number of aromatic nitrogens is 3. The lowest BCUT2D eigenvalue weighted by molar-refractivity contribution is 0.410. The topological polar surface area (TPSA) is 93.7 Å². The van der Waals surface area contributed by atoms with Gasteiger partial charge in [-0.25, -0.2) is 4.98 Å². The number of benzene rings is 1. The second kappa shape index (κ2) is 3.89. The SMILES string of the molecule is N#Cc1ccc2nc(N)n(Cc3ccon3)c2c1. The van der Waals surface area contributed by atoms with Crippen molar-refractivity contribution in [2.75, 3.05) is 5.73 Å². The van der Waals surface area contributed by atoms with E-state index in [0.717, 1.165) is 16.7 Å². The molecular formula is C12H9N5O. The molecule has 0 aliphatic carbocycles. The Kier molecular flexibility index (Phi) is 2.24. The van der Waals surface area contributed by atoms with Crippen molar-refractivity contribution in [2.45, 2.75) is 6.54 Å². The molecule has 0 aliphatic rings. The summed E-state index contributed by atoms with van der Waals surface area (Å²) in [6, 6.07) is 9.12. The zero-order valence-electron chi connectivity index (χ0n) is 9.37. The molecule has 18 heavy (non-hydrogen) atoms. The molecule has 0 bridgehead atoms. The highest BCUT2D eigenvalue weighted by atomic mass is 16.5. The van der Waals surface area contributed by atoms with Gasteiger partial charge >= 0.3 is 0 Å². The van der Waals surface area contributed by atoms with Gasteiger partial charge in [-0.2, -0.15) is 5.26 Å². The smallest absolute Gasteiger partial charge is 0.201 e. The van der Waals surface area contributed by atoms with Gasteiger partial charge in [0, 0.05) is 6.07 Å². The zero-order chi connectivity index (χ0) is 12.5. The van der Waals surface area contributed by atoms with Gasteiger partial charge in [0.1, 0.15) is 12.0 Å². The van der Waals surface area contributed by atoms with E-state index >= 15 is 0 Å². The molecule has 0 atom stereocenters. The van der Waals surface area contributed by atoms with Crippen LogP contribution < -0.4 is 5.73 Å². The van der Waals surface area contributed by atoms with Crippen LogP contribution >= 0.6 is 0 Å². The summed E-state index contributed by atoms with van der Waals surface area (Å²) in [6.07, 6.45) is 1.51. The van der Waals surface area contributed by atoms with Crippen molar-refractivity contribution in [2.24, 2.45) is 0 Å². The molecule has 1 aromatic carbocycles. The summed E-state index contributed by atoms with van der Waals surface area (Å²) in [6.45, 7) is 0.466. The Morgan fingerprint density at radius 1 is 1.39 bits per heavy atom. The van der Waals surface area contributed by atoms with Crippen LogP contribution in [0.2, 0.25) is 0 Å². The zero-order valence-corrected chi connectivity index (χ0v) is 9.37. The lowest BCUT2D eigenvalue weighted by atomic mass is 10.2. The van der Waals surface area contributed by atoms with Crippen LogP contribution in [0.3, 0.4) is 0 Å². The van der Waals surface area contributed by atoms with Crippen molar-refractivity contribution >= 4 is 17.0 Å². The third-order valence-electron chi connectivity index (χ3n) is 2.72. The Balaban J connectivity index is 2.15. The Hall–Kier alpha value is -2.81. The second-order valence-corrected chi connectivity index (χ2v) is 3.86. The predicted molar refractivity (Wildman–Crippen MR) is 64.5 cm³/mol. The summed E-state index contributed by atoms with van der Waals surface area (Å²) in [4.78, 5) is 4.24. The van der Waals surface area contributed by atoms with Crippen molar-refractivity contribution in [1.82, 2.24) is 14.7 Å². The molecule has 0 amide bonds. The first-order valence-electron chi connectivity index (χ1n) is 5.33. The van der Waals surface area contributed by atoms with Gasteiger partial charge in [-0.3, -0.25) is 0 Å². The van der Waals surface area contributed by atoms with E-state index in [2.05, 4.69) is 16.2 Å². The van der Waals surface area contributed by atoms with Gasteiger partial charge in [0.15, 0.2) is 0 Å². The van der Waals surface area contributed by atoms with Crippen LogP contribution in [0.5, 0.6) is 0 Å². The molecule has 0 fully saturated rings. The van der Waals surface area contributed by atoms with Crippen LogP contribution in [0.25, 0.3) is 11.0 Å². The average molecular weight is 239 g/mol. The third-order valence-corrected chi connectivity index (χ3v) is 2.72. The lowest BCUT2D eigenvalue weighted by Crippen LogP contribution is -2.04. The highest BCUT2D eigenvalue weighted by Crippen LogP contribution is 2.20. The Morgan fingerprint density at radius 3 is 3.00 bits per heavy atom. The molecule has 3 aromatic rings. The monoisotopic (exact) mass is 239 g/mol. The number of nitrogen functional groups attached to an aromatic ring is 1. The third kappa shape index (κ3) is 1.58. The van der Waals surface area contributed by atoms with Gasteiger partial charge in [-0.15, -0.1) is 0 Å². The molecule has 6 heteroatoms. The van der Waals surface area contributed by atoms with Gasteiger partial charge in [0.25, 0.3) is 0 Å². The van der Waals surface area contributed by atoms with Crippen molar-refractivity contribution in [1.29, 1.82) is 5.26 Å². The van der Waals surface area contributed by atoms with Gasteiger partial charge in [-0.1, -0.05) is 5.16 Å². The van der Waals surface area contributed by atoms with Crippen molar-refractivity contribution in [3.8, 4) is 6.07 Å². The van der Waals surface area contributed by atoms with Crippen molar-refractivity contribution in [3.63, 3.8) is 0 Å². The molecule has 88 valence electrons. The average Bonchev–Trinajstić information content (AvgIpc) is 2.99. The summed E-state index contributed by atoms with van der Waals surface area (Å²) < 4.78 is 6.58.